The highest BCUT2D eigenvalue weighted by Crippen LogP contribution is 2.26. The summed E-state index contributed by atoms with van der Waals surface area (Å²) in [5, 5.41) is 0. The van der Waals surface area contributed by atoms with Gasteiger partial charge in [-0.2, -0.15) is 0 Å². The van der Waals surface area contributed by atoms with Crippen molar-refractivity contribution in [3.05, 3.63) is 53.6 Å². The Morgan fingerprint density at radius 3 is 2.96 bits per heavy atom. The zero-order valence-corrected chi connectivity index (χ0v) is 16.9. The number of aromatic nitrogens is 2. The Balaban J connectivity index is 1.61. The Bertz CT molecular complexity index is 752. The first-order valence-electron chi connectivity index (χ1n) is 10.0. The average molecular weight is 369 g/mol. The Morgan fingerprint density at radius 2 is 2.19 bits per heavy atom. The minimum Gasteiger partial charge on any atom is -0.342 e. The number of aryl methyl sites for hydroxylation is 2. The predicted octanol–water partition coefficient (Wildman–Crippen LogP) is 3.09. The molecule has 1 aliphatic heterocycles. The molecule has 1 saturated heterocycles. The largest absolute Gasteiger partial charge is 0.342 e. The van der Waals surface area contributed by atoms with Crippen molar-refractivity contribution >= 4 is 5.91 Å². The Hall–Kier alpha value is -2.14. The average Bonchev–Trinajstić information content (AvgIpc) is 3.10. The number of carbonyl (C=O) groups is 1. The number of hydrogen-bond acceptors (Lipinski definition) is 3. The van der Waals surface area contributed by atoms with Crippen LogP contribution in [0.25, 0.3) is 0 Å². The van der Waals surface area contributed by atoms with Crippen LogP contribution >= 0.6 is 0 Å². The molecule has 1 amide bonds. The SMILES string of the molecule is Cc1cccc(CC(=O)N2CCC[C@H](c3nccn3CCCN(C)C)C2)c1. The van der Waals surface area contributed by atoms with Crippen LogP contribution in [0.15, 0.2) is 36.7 Å². The van der Waals surface area contributed by atoms with Crippen LogP contribution in [0.3, 0.4) is 0 Å². The smallest absolute Gasteiger partial charge is 0.227 e. The molecule has 2 aromatic rings. The van der Waals surface area contributed by atoms with E-state index in [9.17, 15) is 4.79 Å². The van der Waals surface area contributed by atoms with Crippen LogP contribution in [0.2, 0.25) is 0 Å². The van der Waals surface area contributed by atoms with Crippen molar-refractivity contribution in [3.8, 4) is 0 Å². The summed E-state index contributed by atoms with van der Waals surface area (Å²) in [6.07, 6.45) is 7.75. The molecular formula is C22H32N4O. The zero-order chi connectivity index (χ0) is 19.2. The van der Waals surface area contributed by atoms with Crippen LogP contribution in [0.5, 0.6) is 0 Å². The lowest BCUT2D eigenvalue weighted by Gasteiger charge is -2.33. The van der Waals surface area contributed by atoms with E-state index in [1.54, 1.807) is 0 Å². The van der Waals surface area contributed by atoms with Crippen molar-refractivity contribution in [2.24, 2.45) is 0 Å². The van der Waals surface area contributed by atoms with Crippen molar-refractivity contribution in [2.45, 2.75) is 45.1 Å². The van der Waals surface area contributed by atoms with E-state index in [1.165, 1.54) is 5.56 Å². The molecule has 5 nitrogen and oxygen atoms in total. The molecule has 3 rings (SSSR count). The Labute approximate surface area is 163 Å². The van der Waals surface area contributed by atoms with E-state index in [-0.39, 0.29) is 5.91 Å². The molecule has 0 unspecified atom stereocenters. The van der Waals surface area contributed by atoms with E-state index in [1.807, 2.05) is 23.2 Å². The van der Waals surface area contributed by atoms with E-state index in [0.717, 1.165) is 56.8 Å². The fourth-order valence-electron chi connectivity index (χ4n) is 3.95. The van der Waals surface area contributed by atoms with Gasteiger partial charge in [0, 0.05) is 37.9 Å². The molecule has 146 valence electrons. The third-order valence-electron chi connectivity index (χ3n) is 5.33. The first-order valence-corrected chi connectivity index (χ1v) is 10.0. The van der Waals surface area contributed by atoms with Gasteiger partial charge in [0.2, 0.25) is 5.91 Å². The third-order valence-corrected chi connectivity index (χ3v) is 5.33. The molecule has 0 bridgehead atoms. The number of piperidine rings is 1. The second-order valence-corrected chi connectivity index (χ2v) is 7.98. The van der Waals surface area contributed by atoms with Gasteiger partial charge in [0.1, 0.15) is 5.82 Å². The van der Waals surface area contributed by atoms with Crippen LogP contribution in [0, 0.1) is 6.92 Å². The van der Waals surface area contributed by atoms with Crippen LogP contribution in [0.4, 0.5) is 0 Å². The number of amides is 1. The molecule has 1 fully saturated rings. The standard InChI is InChI=1S/C22H32N4O/c1-18-7-4-8-19(15-18)16-21(27)26-12-5-9-20(17-26)22-23-10-14-25(22)13-6-11-24(2)3/h4,7-8,10,14-15,20H,5-6,9,11-13,16-17H2,1-3H3/t20-/m0/s1. The van der Waals surface area contributed by atoms with Crippen LogP contribution in [0.1, 0.15) is 42.1 Å². The fourth-order valence-corrected chi connectivity index (χ4v) is 3.95. The van der Waals surface area contributed by atoms with Gasteiger partial charge in [-0.15, -0.1) is 0 Å². The van der Waals surface area contributed by atoms with E-state index in [0.29, 0.717) is 12.3 Å². The molecule has 0 radical (unpaired) electrons. The number of imidazole rings is 1. The van der Waals surface area contributed by atoms with E-state index in [2.05, 4.69) is 53.8 Å². The summed E-state index contributed by atoms with van der Waals surface area (Å²) in [5.41, 5.74) is 2.31. The summed E-state index contributed by atoms with van der Waals surface area (Å²) < 4.78 is 2.28. The maximum atomic E-state index is 12.8. The quantitative estimate of drug-likeness (QED) is 0.754. The molecule has 1 aliphatic rings. The molecule has 2 heterocycles. The summed E-state index contributed by atoms with van der Waals surface area (Å²) in [7, 11) is 4.21. The molecule has 27 heavy (non-hydrogen) atoms. The van der Waals surface area contributed by atoms with Gasteiger partial charge < -0.3 is 14.4 Å². The van der Waals surface area contributed by atoms with E-state index < -0.39 is 0 Å². The monoisotopic (exact) mass is 368 g/mol. The molecule has 1 aromatic carbocycles. The second-order valence-electron chi connectivity index (χ2n) is 7.98. The first-order chi connectivity index (χ1) is 13.0. The minimum absolute atomic E-state index is 0.232. The predicted molar refractivity (Wildman–Crippen MR) is 109 cm³/mol. The lowest BCUT2D eigenvalue weighted by Crippen LogP contribution is -2.40. The van der Waals surface area contributed by atoms with Crippen molar-refractivity contribution in [1.29, 1.82) is 0 Å². The van der Waals surface area contributed by atoms with Gasteiger partial charge in [0.25, 0.3) is 0 Å². The lowest BCUT2D eigenvalue weighted by molar-refractivity contribution is -0.131. The van der Waals surface area contributed by atoms with Gasteiger partial charge in [-0.05, 0) is 52.4 Å². The fraction of sp³-hybridized carbons (Fsp3) is 0.545. The number of nitrogens with zero attached hydrogens (tertiary/aromatic N) is 4. The number of rotatable bonds is 7. The Kier molecular flexibility index (Phi) is 6.67. The summed E-state index contributed by atoms with van der Waals surface area (Å²) >= 11 is 0. The molecule has 0 aliphatic carbocycles. The van der Waals surface area contributed by atoms with Crippen molar-refractivity contribution in [3.63, 3.8) is 0 Å². The van der Waals surface area contributed by atoms with Crippen LogP contribution in [-0.2, 0) is 17.8 Å². The van der Waals surface area contributed by atoms with Crippen molar-refractivity contribution in [1.82, 2.24) is 19.4 Å². The normalized spacial score (nSPS) is 17.5. The highest BCUT2D eigenvalue weighted by atomic mass is 16.2. The summed E-state index contributed by atoms with van der Waals surface area (Å²) in [4.78, 5) is 21.7. The van der Waals surface area contributed by atoms with Crippen LogP contribution in [-0.4, -0.2) is 59.0 Å². The maximum absolute atomic E-state index is 12.8. The molecule has 0 spiro atoms. The minimum atomic E-state index is 0.232. The molecule has 0 saturated carbocycles. The summed E-state index contributed by atoms with van der Waals surface area (Å²) in [6.45, 7) is 5.78. The van der Waals surface area contributed by atoms with Crippen molar-refractivity contribution < 1.29 is 4.79 Å². The molecule has 1 atom stereocenters. The van der Waals surface area contributed by atoms with E-state index >= 15 is 0 Å². The molecular weight excluding hydrogens is 336 g/mol. The molecule has 0 N–H and O–H groups in total. The number of likely N-dealkylation sites (tertiary alicyclic amines) is 1. The highest BCUT2D eigenvalue weighted by molar-refractivity contribution is 5.79. The van der Waals surface area contributed by atoms with E-state index in [4.69, 9.17) is 0 Å². The van der Waals surface area contributed by atoms with Gasteiger partial charge in [0.15, 0.2) is 0 Å². The van der Waals surface area contributed by atoms with Crippen LogP contribution < -0.4 is 0 Å². The second kappa shape index (κ2) is 9.18. The van der Waals surface area contributed by atoms with Gasteiger partial charge in [-0.25, -0.2) is 4.98 Å². The third kappa shape index (κ3) is 5.42. The van der Waals surface area contributed by atoms with Gasteiger partial charge >= 0.3 is 0 Å². The Morgan fingerprint density at radius 1 is 1.33 bits per heavy atom. The van der Waals surface area contributed by atoms with Crippen molar-refractivity contribution in [2.75, 3.05) is 33.7 Å². The summed E-state index contributed by atoms with van der Waals surface area (Å²) in [5.74, 6) is 1.72. The lowest BCUT2D eigenvalue weighted by atomic mass is 9.96. The van der Waals surface area contributed by atoms with Gasteiger partial charge in [-0.1, -0.05) is 29.8 Å². The van der Waals surface area contributed by atoms with Gasteiger partial charge in [-0.3, -0.25) is 4.79 Å². The number of carbonyl (C=O) groups excluding carboxylic acids is 1. The topological polar surface area (TPSA) is 41.4 Å². The number of hydrogen-bond donors (Lipinski definition) is 0. The number of benzene rings is 1. The highest BCUT2D eigenvalue weighted by Gasteiger charge is 2.27. The van der Waals surface area contributed by atoms with Gasteiger partial charge in [0.05, 0.1) is 6.42 Å². The summed E-state index contributed by atoms with van der Waals surface area (Å²) in [6, 6.07) is 8.25. The maximum Gasteiger partial charge on any atom is 0.227 e. The first kappa shape index (κ1) is 19.6. The molecule has 5 heteroatoms. The molecule has 1 aromatic heterocycles. The zero-order valence-electron chi connectivity index (χ0n) is 16.9.